The first kappa shape index (κ1) is 33.2. The fourth-order valence-electron chi connectivity index (χ4n) is 2.86. The van der Waals surface area contributed by atoms with Gasteiger partial charge in [-0.2, -0.15) is 0 Å². The average Bonchev–Trinajstić information content (AvgIpc) is 2.86. The van der Waals surface area contributed by atoms with E-state index in [1.54, 1.807) is 6.92 Å². The number of nitrogens with one attached hydrogen (secondary N) is 2. The number of thioether (sulfide) groups is 1. The first-order chi connectivity index (χ1) is 17.2. The van der Waals surface area contributed by atoms with Gasteiger partial charge >= 0.3 is 0 Å². The number of primary amides is 1. The van der Waals surface area contributed by atoms with E-state index in [0.717, 1.165) is 28.5 Å². The first-order valence-corrected chi connectivity index (χ1v) is 12.9. The fraction of sp³-hybridized carbons (Fsp3) is 0.370. The van der Waals surface area contributed by atoms with Crippen LogP contribution in [0.3, 0.4) is 0 Å². The summed E-state index contributed by atoms with van der Waals surface area (Å²) in [5.74, 6) is -0.210. The Morgan fingerprint density at radius 3 is 2.42 bits per heavy atom. The Morgan fingerprint density at radius 1 is 1.28 bits per heavy atom. The van der Waals surface area contributed by atoms with Gasteiger partial charge in [0.15, 0.2) is 0 Å². The molecule has 7 nitrogen and oxygen atoms in total. The molecule has 0 fully saturated rings. The third kappa shape index (κ3) is 16.8. The second-order valence-corrected chi connectivity index (χ2v) is 9.64. The summed E-state index contributed by atoms with van der Waals surface area (Å²) in [6, 6.07) is 10.2. The summed E-state index contributed by atoms with van der Waals surface area (Å²) in [4.78, 5) is 33.0. The Morgan fingerprint density at radius 2 is 1.89 bits per heavy atom. The zero-order chi connectivity index (χ0) is 27.3. The van der Waals surface area contributed by atoms with Gasteiger partial charge < -0.3 is 22.1 Å². The molecule has 1 aromatic rings. The van der Waals surface area contributed by atoms with Gasteiger partial charge in [-0.15, -0.1) is 11.6 Å². The van der Waals surface area contributed by atoms with Gasteiger partial charge in [-0.05, 0) is 42.5 Å². The van der Waals surface area contributed by atoms with Crippen LogP contribution in [0.1, 0.15) is 38.2 Å². The number of hydrogen-bond donors (Lipinski definition) is 4. The van der Waals surface area contributed by atoms with Gasteiger partial charge in [0.1, 0.15) is 6.29 Å². The van der Waals surface area contributed by atoms with Gasteiger partial charge in [-0.1, -0.05) is 68.3 Å². The van der Waals surface area contributed by atoms with Crippen molar-refractivity contribution < 1.29 is 14.4 Å². The highest BCUT2D eigenvalue weighted by atomic mass is 35.5. The second kappa shape index (κ2) is 20.4. The minimum Gasteiger partial charge on any atom is -0.398 e. The number of nitrogens with two attached hydrogens (primary N) is 2. The van der Waals surface area contributed by atoms with Crippen molar-refractivity contribution in [2.24, 2.45) is 11.5 Å². The normalized spacial score (nSPS) is 14.8. The number of aldehydes is 1. The molecule has 1 aliphatic carbocycles. The molecule has 2 amide bonds. The monoisotopic (exact) mass is 534 g/mol. The summed E-state index contributed by atoms with van der Waals surface area (Å²) in [6.07, 6.45) is 8.55. The van der Waals surface area contributed by atoms with Crippen LogP contribution in [0.5, 0.6) is 0 Å². The number of likely N-dealkylation sites (N-methyl/N-ethyl adjacent to an activating group) is 1. The van der Waals surface area contributed by atoms with Crippen LogP contribution >= 0.6 is 23.4 Å². The van der Waals surface area contributed by atoms with Gasteiger partial charge in [0.2, 0.25) is 11.8 Å². The van der Waals surface area contributed by atoms with Crippen molar-refractivity contribution in [2.75, 3.05) is 13.6 Å². The molecular formula is C27H39ClN4O3S. The number of benzene rings is 1. The minimum atomic E-state index is -0.245. The van der Waals surface area contributed by atoms with Crippen LogP contribution in [0, 0.1) is 0 Å². The van der Waals surface area contributed by atoms with E-state index in [9.17, 15) is 9.59 Å². The summed E-state index contributed by atoms with van der Waals surface area (Å²) in [5.41, 5.74) is 12.6. The largest absolute Gasteiger partial charge is 0.398 e. The number of rotatable bonds is 12. The van der Waals surface area contributed by atoms with Crippen LogP contribution in [-0.4, -0.2) is 43.1 Å². The highest BCUT2D eigenvalue weighted by molar-refractivity contribution is 8.06. The van der Waals surface area contributed by atoms with Crippen molar-refractivity contribution >= 4 is 41.5 Å². The molecule has 0 heterocycles. The van der Waals surface area contributed by atoms with Crippen molar-refractivity contribution in [1.29, 1.82) is 0 Å². The average molecular weight is 535 g/mol. The lowest BCUT2D eigenvalue weighted by Gasteiger charge is -2.19. The lowest BCUT2D eigenvalue weighted by atomic mass is 10.1. The molecule has 1 aromatic carbocycles. The predicted molar refractivity (Wildman–Crippen MR) is 152 cm³/mol. The van der Waals surface area contributed by atoms with Gasteiger partial charge in [-0.25, -0.2) is 0 Å². The van der Waals surface area contributed by atoms with E-state index in [1.165, 1.54) is 23.4 Å². The Kier molecular flexibility index (Phi) is 18.8. The smallest absolute Gasteiger partial charge is 0.220 e. The van der Waals surface area contributed by atoms with E-state index < -0.39 is 0 Å². The topological polar surface area (TPSA) is 127 Å². The number of alkyl halides is 1. The molecule has 0 spiro atoms. The van der Waals surface area contributed by atoms with E-state index in [1.807, 2.05) is 37.4 Å². The molecule has 0 saturated heterocycles. The molecule has 2 atom stereocenters. The lowest BCUT2D eigenvalue weighted by Crippen LogP contribution is -2.42. The number of halogens is 1. The molecule has 36 heavy (non-hydrogen) atoms. The summed E-state index contributed by atoms with van der Waals surface area (Å²) >= 11 is 7.69. The third-order valence-corrected chi connectivity index (χ3v) is 6.11. The zero-order valence-electron chi connectivity index (χ0n) is 21.2. The number of carbonyl (C=O) groups is 3. The van der Waals surface area contributed by atoms with E-state index in [0.29, 0.717) is 32.0 Å². The molecular weight excluding hydrogens is 496 g/mol. The Balaban J connectivity index is 0.00000117. The number of amides is 2. The van der Waals surface area contributed by atoms with Gasteiger partial charge in [-0.3, -0.25) is 14.4 Å². The SMILES string of the molecule is C=C(CCC(=O)NC(CNC)Cc1ccccc1)SC1=C(N)C=CC(Cl)C1.C=CC=O.CCC(N)=O. The van der Waals surface area contributed by atoms with E-state index in [4.69, 9.17) is 22.1 Å². The molecule has 1 aliphatic rings. The molecule has 6 N–H and O–H groups in total. The van der Waals surface area contributed by atoms with Gasteiger partial charge in [0.25, 0.3) is 0 Å². The van der Waals surface area contributed by atoms with Crippen LogP contribution in [0.4, 0.5) is 0 Å². The van der Waals surface area contributed by atoms with Crippen LogP contribution in [0.25, 0.3) is 0 Å². The quantitative estimate of drug-likeness (QED) is 0.183. The predicted octanol–water partition coefficient (Wildman–Crippen LogP) is 3.95. The third-order valence-electron chi connectivity index (χ3n) is 4.67. The van der Waals surface area contributed by atoms with E-state index in [-0.39, 0.29) is 23.2 Å². The summed E-state index contributed by atoms with van der Waals surface area (Å²) in [5, 5.41) is 6.24. The maximum atomic E-state index is 12.4. The summed E-state index contributed by atoms with van der Waals surface area (Å²) in [6.45, 7) is 9.64. The standard InChI is InChI=1S/C21H28ClN3OS.C3H7NO.C3H4O/c1-15(27-20-13-17(22)9-10-19(20)23)8-11-21(26)25-18(14-24-2)12-16-6-4-3-5-7-16;1-2-3(4)5;1-2-3-4/h3-7,9-10,17-18,24H,1,8,11-14,23H2,2H3,(H,25,26);2H2,1H3,(H2,4,5);2-3H,1H2. The lowest BCUT2D eigenvalue weighted by molar-refractivity contribution is -0.121. The van der Waals surface area contributed by atoms with E-state index in [2.05, 4.69) is 41.7 Å². The van der Waals surface area contributed by atoms with Crippen LogP contribution in [-0.2, 0) is 20.8 Å². The number of allylic oxidation sites excluding steroid dienone is 5. The van der Waals surface area contributed by atoms with Crippen molar-refractivity contribution in [2.45, 2.75) is 50.4 Å². The molecule has 0 saturated carbocycles. The van der Waals surface area contributed by atoms with Crippen LogP contribution in [0.2, 0.25) is 0 Å². The molecule has 0 aromatic heterocycles. The van der Waals surface area contributed by atoms with Crippen molar-refractivity contribution in [3.8, 4) is 0 Å². The molecule has 198 valence electrons. The Labute approximate surface area is 224 Å². The molecule has 9 heteroatoms. The van der Waals surface area contributed by atoms with Crippen molar-refractivity contribution in [3.05, 3.63) is 82.8 Å². The summed E-state index contributed by atoms with van der Waals surface area (Å²) < 4.78 is 0. The highest BCUT2D eigenvalue weighted by Gasteiger charge is 2.16. The van der Waals surface area contributed by atoms with Crippen LogP contribution < -0.4 is 22.1 Å². The summed E-state index contributed by atoms with van der Waals surface area (Å²) in [7, 11) is 1.89. The van der Waals surface area contributed by atoms with Crippen molar-refractivity contribution in [3.63, 3.8) is 0 Å². The highest BCUT2D eigenvalue weighted by Crippen LogP contribution is 2.35. The number of hydrogen-bond acceptors (Lipinski definition) is 6. The van der Waals surface area contributed by atoms with Crippen LogP contribution in [0.15, 0.2) is 77.2 Å². The maximum absolute atomic E-state index is 12.4. The van der Waals surface area contributed by atoms with Gasteiger partial charge in [0.05, 0.1) is 5.38 Å². The molecule has 0 bridgehead atoms. The Hall–Kier alpha value is -2.81. The number of carbonyl (C=O) groups excluding carboxylic acids is 3. The Bertz CT molecular complexity index is 898. The minimum absolute atomic E-state index is 0.0313. The van der Waals surface area contributed by atoms with Crippen molar-refractivity contribution in [1.82, 2.24) is 10.6 Å². The molecule has 2 rings (SSSR count). The molecule has 0 aliphatic heterocycles. The maximum Gasteiger partial charge on any atom is 0.220 e. The van der Waals surface area contributed by atoms with E-state index >= 15 is 0 Å². The first-order valence-electron chi connectivity index (χ1n) is 11.7. The second-order valence-electron chi connectivity index (χ2n) is 7.80. The molecule has 2 unspecified atom stereocenters. The molecule has 0 radical (unpaired) electrons. The van der Waals surface area contributed by atoms with Gasteiger partial charge in [0, 0.05) is 42.5 Å². The fourth-order valence-corrected chi connectivity index (χ4v) is 4.18. The zero-order valence-corrected chi connectivity index (χ0v) is 22.7.